The summed E-state index contributed by atoms with van der Waals surface area (Å²) < 4.78 is 4.85. The number of carbonyl (C=O) groups excluding carboxylic acids is 2. The van der Waals surface area contributed by atoms with Crippen molar-refractivity contribution < 1.29 is 14.3 Å². The Morgan fingerprint density at radius 3 is 2.93 bits per heavy atom. The standard InChI is InChI=1S/C8H7N3O3/c1-3-6(9)5-4(14-8(3)13)2-10-11-7(5)12/h2-3H,9H2,1H3. The zero-order chi connectivity index (χ0) is 10.3. The maximum Gasteiger partial charge on any atom is 0.320 e. The number of hydrogen-bond acceptors (Lipinski definition) is 5. The fourth-order valence-corrected chi connectivity index (χ4v) is 1.24. The molecule has 72 valence electrons. The second kappa shape index (κ2) is 2.76. The van der Waals surface area contributed by atoms with Gasteiger partial charge in [-0.25, -0.2) is 0 Å². The topological polar surface area (TPSA) is 94.1 Å². The Morgan fingerprint density at radius 2 is 2.21 bits per heavy atom. The van der Waals surface area contributed by atoms with Gasteiger partial charge in [0.2, 0.25) is 0 Å². The largest absolute Gasteiger partial charge is 0.423 e. The smallest absolute Gasteiger partial charge is 0.320 e. The van der Waals surface area contributed by atoms with Crippen LogP contribution in [0.2, 0.25) is 0 Å². The van der Waals surface area contributed by atoms with E-state index in [1.54, 1.807) is 6.92 Å². The molecule has 2 heterocycles. The van der Waals surface area contributed by atoms with Crippen molar-refractivity contribution in [1.82, 2.24) is 0 Å². The molecule has 6 nitrogen and oxygen atoms in total. The van der Waals surface area contributed by atoms with E-state index >= 15 is 0 Å². The van der Waals surface area contributed by atoms with E-state index < -0.39 is 17.8 Å². The van der Waals surface area contributed by atoms with E-state index in [1.165, 1.54) is 6.20 Å². The van der Waals surface area contributed by atoms with Crippen LogP contribution in [0.5, 0.6) is 0 Å². The number of amides is 1. The number of carbonyl (C=O) groups is 2. The molecular formula is C8H7N3O3. The Labute approximate surface area is 79.1 Å². The fourth-order valence-electron chi connectivity index (χ4n) is 1.24. The molecule has 0 saturated heterocycles. The molecule has 0 saturated carbocycles. The Bertz CT molecular complexity index is 420. The molecule has 0 radical (unpaired) electrons. The highest BCUT2D eigenvalue weighted by molar-refractivity contribution is 6.01. The van der Waals surface area contributed by atoms with Gasteiger partial charge in [-0.3, -0.25) is 9.59 Å². The lowest BCUT2D eigenvalue weighted by atomic mass is 9.98. The van der Waals surface area contributed by atoms with Crippen molar-refractivity contribution in [2.75, 3.05) is 0 Å². The fraction of sp³-hybridized carbons (Fsp3) is 0.250. The molecule has 0 fully saturated rings. The summed E-state index contributed by atoms with van der Waals surface area (Å²) in [7, 11) is 0. The Hall–Kier alpha value is -1.98. The average molecular weight is 193 g/mol. The van der Waals surface area contributed by atoms with Gasteiger partial charge in [0.25, 0.3) is 0 Å². The van der Waals surface area contributed by atoms with Crippen LogP contribution in [-0.4, -0.2) is 11.9 Å². The van der Waals surface area contributed by atoms with E-state index in [2.05, 4.69) is 10.2 Å². The summed E-state index contributed by atoms with van der Waals surface area (Å²) in [6.07, 6.45) is 1.20. The van der Waals surface area contributed by atoms with Crippen molar-refractivity contribution in [3.63, 3.8) is 0 Å². The van der Waals surface area contributed by atoms with Crippen molar-refractivity contribution in [3.8, 4) is 0 Å². The first kappa shape index (κ1) is 8.61. The van der Waals surface area contributed by atoms with Crippen molar-refractivity contribution >= 4 is 11.9 Å². The van der Waals surface area contributed by atoms with E-state index in [9.17, 15) is 9.59 Å². The molecule has 6 heteroatoms. The third kappa shape index (κ3) is 1.04. The van der Waals surface area contributed by atoms with E-state index in [1.807, 2.05) is 0 Å². The molecule has 2 aliphatic rings. The minimum absolute atomic E-state index is 0.0885. The van der Waals surface area contributed by atoms with Gasteiger partial charge in [0.1, 0.15) is 5.57 Å². The highest BCUT2D eigenvalue weighted by Crippen LogP contribution is 2.29. The molecule has 1 atom stereocenters. The van der Waals surface area contributed by atoms with E-state index in [0.29, 0.717) is 0 Å². The maximum atomic E-state index is 11.3. The van der Waals surface area contributed by atoms with E-state index in [0.717, 1.165) is 0 Å². The monoisotopic (exact) mass is 193 g/mol. The quantitative estimate of drug-likeness (QED) is 0.557. The number of nitrogens with two attached hydrogens (primary N) is 1. The zero-order valence-corrected chi connectivity index (χ0v) is 7.35. The molecule has 1 unspecified atom stereocenters. The van der Waals surface area contributed by atoms with E-state index in [4.69, 9.17) is 10.5 Å². The van der Waals surface area contributed by atoms with Gasteiger partial charge in [0, 0.05) is 5.70 Å². The number of rotatable bonds is 0. The van der Waals surface area contributed by atoms with Gasteiger partial charge in [-0.05, 0) is 6.92 Å². The van der Waals surface area contributed by atoms with Gasteiger partial charge < -0.3 is 10.5 Å². The minimum Gasteiger partial charge on any atom is -0.423 e. The Balaban J connectivity index is 2.58. The van der Waals surface area contributed by atoms with Crippen LogP contribution in [-0.2, 0) is 14.3 Å². The molecule has 0 spiro atoms. The summed E-state index contributed by atoms with van der Waals surface area (Å²) in [5.74, 6) is -1.58. The van der Waals surface area contributed by atoms with Crippen LogP contribution in [0.1, 0.15) is 6.92 Å². The van der Waals surface area contributed by atoms with Gasteiger partial charge in [0.05, 0.1) is 12.1 Å². The van der Waals surface area contributed by atoms with Gasteiger partial charge in [-0.2, -0.15) is 5.11 Å². The van der Waals surface area contributed by atoms with Gasteiger partial charge in [-0.1, -0.05) is 0 Å². The van der Waals surface area contributed by atoms with E-state index in [-0.39, 0.29) is 17.0 Å². The molecule has 2 N–H and O–H groups in total. The lowest BCUT2D eigenvalue weighted by Crippen LogP contribution is -2.31. The van der Waals surface area contributed by atoms with Crippen LogP contribution < -0.4 is 5.73 Å². The molecule has 2 rings (SSSR count). The van der Waals surface area contributed by atoms with Gasteiger partial charge >= 0.3 is 11.9 Å². The lowest BCUT2D eigenvalue weighted by Gasteiger charge is -2.23. The zero-order valence-electron chi connectivity index (χ0n) is 7.35. The number of ether oxygens (including phenoxy) is 1. The first-order valence-corrected chi connectivity index (χ1v) is 3.98. The number of azo groups is 1. The third-order valence-electron chi connectivity index (χ3n) is 2.10. The summed E-state index contributed by atoms with van der Waals surface area (Å²) in [4.78, 5) is 22.5. The van der Waals surface area contributed by atoms with Crippen molar-refractivity contribution in [2.45, 2.75) is 6.92 Å². The van der Waals surface area contributed by atoms with Crippen LogP contribution in [0, 0.1) is 5.92 Å². The number of fused-ring (bicyclic) bond motifs is 1. The number of nitrogens with zero attached hydrogens (tertiary/aromatic N) is 2. The average Bonchev–Trinajstić information content (AvgIpc) is 2.14. The molecule has 1 amide bonds. The molecule has 0 aliphatic carbocycles. The van der Waals surface area contributed by atoms with Gasteiger partial charge in [0.15, 0.2) is 5.76 Å². The Kier molecular flexibility index (Phi) is 1.70. The maximum absolute atomic E-state index is 11.3. The van der Waals surface area contributed by atoms with Crippen LogP contribution in [0.15, 0.2) is 33.5 Å². The summed E-state index contributed by atoms with van der Waals surface area (Å²) in [5.41, 5.74) is 5.97. The van der Waals surface area contributed by atoms with Crippen molar-refractivity contribution in [2.24, 2.45) is 21.9 Å². The van der Waals surface area contributed by atoms with Crippen molar-refractivity contribution in [3.05, 3.63) is 23.2 Å². The third-order valence-corrected chi connectivity index (χ3v) is 2.10. The second-order valence-corrected chi connectivity index (χ2v) is 2.99. The Morgan fingerprint density at radius 1 is 1.50 bits per heavy atom. The molecule has 0 aromatic heterocycles. The van der Waals surface area contributed by atoms with Crippen LogP contribution in [0.4, 0.5) is 0 Å². The minimum atomic E-state index is -0.612. The predicted octanol–water partition coefficient (Wildman–Crippen LogP) is 0.226. The number of hydrogen-bond donors (Lipinski definition) is 1. The molecule has 2 aliphatic heterocycles. The molecule has 0 bridgehead atoms. The lowest BCUT2D eigenvalue weighted by molar-refractivity contribution is -0.143. The molecular weight excluding hydrogens is 186 g/mol. The van der Waals surface area contributed by atoms with Crippen LogP contribution in [0.25, 0.3) is 0 Å². The molecule has 14 heavy (non-hydrogen) atoms. The highest BCUT2D eigenvalue weighted by atomic mass is 16.5. The molecule has 0 aromatic rings. The summed E-state index contributed by atoms with van der Waals surface area (Å²) in [6, 6.07) is 0. The summed E-state index contributed by atoms with van der Waals surface area (Å²) in [6.45, 7) is 1.57. The number of esters is 1. The van der Waals surface area contributed by atoms with Crippen LogP contribution in [0.3, 0.4) is 0 Å². The summed E-state index contributed by atoms with van der Waals surface area (Å²) in [5, 5.41) is 6.69. The first-order chi connectivity index (χ1) is 6.61. The van der Waals surface area contributed by atoms with Gasteiger partial charge in [-0.15, -0.1) is 5.11 Å². The molecule has 0 aromatic carbocycles. The summed E-state index contributed by atoms with van der Waals surface area (Å²) >= 11 is 0. The predicted molar refractivity (Wildman–Crippen MR) is 44.4 cm³/mol. The van der Waals surface area contributed by atoms with Crippen LogP contribution >= 0.6 is 0 Å². The SMILES string of the molecule is CC1C(=O)OC2=CN=NC(=O)C2=C1N. The first-order valence-electron chi connectivity index (χ1n) is 3.98. The normalized spacial score (nSPS) is 25.8. The highest BCUT2D eigenvalue weighted by Gasteiger charge is 2.35. The second-order valence-electron chi connectivity index (χ2n) is 2.99. The van der Waals surface area contributed by atoms with Crippen molar-refractivity contribution in [1.29, 1.82) is 0 Å².